The molecule has 0 aliphatic rings. The zero-order chi connectivity index (χ0) is 16.1. The number of rotatable bonds is 8. The van der Waals surface area contributed by atoms with E-state index in [0.29, 0.717) is 23.5 Å². The SMILES string of the molecule is O=CN(CSOOO)Cc1nnc(S(=O)(=O)C(Br)(Br)Br)s1. The van der Waals surface area contributed by atoms with Crippen LogP contribution in [0.25, 0.3) is 0 Å². The standard InChI is InChI=1S/C6H6Br3N3O6S3/c7-6(8,9)21(15,16)5-11-10-4(20-5)1-12(2-13)3-19-18-17-14/h2,14H,1,3H2. The maximum absolute atomic E-state index is 12.0. The third-order valence-electron chi connectivity index (χ3n) is 1.77. The molecule has 0 aromatic carbocycles. The smallest absolute Gasteiger partial charge is 0.243 e. The predicted octanol–water partition coefficient (Wildman–Crippen LogP) is 2.09. The number of carbonyl (C=O) groups excluding carboxylic acids is 1. The van der Waals surface area contributed by atoms with Crippen LogP contribution >= 0.6 is 71.2 Å². The summed E-state index contributed by atoms with van der Waals surface area (Å²) < 4.78 is 26.5. The highest BCUT2D eigenvalue weighted by Gasteiger charge is 2.40. The highest BCUT2D eigenvalue weighted by atomic mass is 80.0. The van der Waals surface area contributed by atoms with Gasteiger partial charge in [0.05, 0.1) is 24.5 Å². The molecule has 1 N–H and O–H groups in total. The van der Waals surface area contributed by atoms with Gasteiger partial charge in [0.15, 0.2) is 0 Å². The zero-order valence-electron chi connectivity index (χ0n) is 9.68. The number of alkyl halides is 3. The molecule has 0 saturated carbocycles. The van der Waals surface area contributed by atoms with E-state index < -0.39 is 11.3 Å². The maximum atomic E-state index is 12.0. The molecular formula is C6H6Br3N3O6S3. The Morgan fingerprint density at radius 1 is 1.43 bits per heavy atom. The third kappa shape index (κ3) is 5.65. The van der Waals surface area contributed by atoms with Crippen LogP contribution in [0.15, 0.2) is 4.34 Å². The Hall–Kier alpha value is 0.650. The quantitative estimate of drug-likeness (QED) is 0.0985. The van der Waals surface area contributed by atoms with Crippen LogP contribution < -0.4 is 0 Å². The monoisotopic (exact) mass is 549 g/mol. The van der Waals surface area contributed by atoms with E-state index in [1.54, 1.807) is 0 Å². The highest BCUT2D eigenvalue weighted by Crippen LogP contribution is 2.43. The summed E-state index contributed by atoms with van der Waals surface area (Å²) in [5.74, 6) is 0.0327. The second kappa shape index (κ2) is 8.49. The molecule has 0 spiro atoms. The Morgan fingerprint density at radius 3 is 2.62 bits per heavy atom. The van der Waals surface area contributed by atoms with E-state index in [0.717, 1.165) is 11.3 Å². The summed E-state index contributed by atoms with van der Waals surface area (Å²) in [6.45, 7) is 0.0261. The minimum Gasteiger partial charge on any atom is -0.327 e. The molecule has 0 radical (unpaired) electrons. The number of hydrogen-bond donors (Lipinski definition) is 1. The molecule has 0 bridgehead atoms. The summed E-state index contributed by atoms with van der Waals surface area (Å²) in [4.78, 5) is 12.0. The van der Waals surface area contributed by atoms with Crippen LogP contribution in [-0.2, 0) is 30.5 Å². The van der Waals surface area contributed by atoms with Crippen LogP contribution in [0.5, 0.6) is 0 Å². The molecule has 9 nitrogen and oxygen atoms in total. The Labute approximate surface area is 152 Å². The molecular weight excluding hydrogens is 546 g/mol. The largest absolute Gasteiger partial charge is 0.327 e. The van der Waals surface area contributed by atoms with Crippen molar-refractivity contribution in [3.8, 4) is 0 Å². The number of sulfone groups is 1. The first-order valence-corrected chi connectivity index (χ1v) is 10.2. The van der Waals surface area contributed by atoms with Crippen LogP contribution in [0.3, 0.4) is 0 Å². The van der Waals surface area contributed by atoms with Crippen molar-refractivity contribution in [3.05, 3.63) is 5.01 Å². The van der Waals surface area contributed by atoms with Gasteiger partial charge in [-0.05, 0) is 47.8 Å². The van der Waals surface area contributed by atoms with Crippen molar-refractivity contribution < 1.29 is 27.8 Å². The lowest BCUT2D eigenvalue weighted by molar-refractivity contribution is -0.432. The van der Waals surface area contributed by atoms with E-state index in [-0.39, 0.29) is 16.8 Å². The molecule has 0 fully saturated rings. The number of nitrogens with zero attached hydrogens (tertiary/aromatic N) is 3. The Kier molecular flexibility index (Phi) is 7.96. The van der Waals surface area contributed by atoms with Gasteiger partial charge in [-0.15, -0.1) is 14.5 Å². The maximum Gasteiger partial charge on any atom is 0.243 e. The molecule has 0 saturated heterocycles. The summed E-state index contributed by atoms with van der Waals surface area (Å²) in [6, 6.07) is 0. The van der Waals surface area contributed by atoms with Crippen molar-refractivity contribution in [3.63, 3.8) is 0 Å². The molecule has 1 rings (SSSR count). The van der Waals surface area contributed by atoms with Gasteiger partial charge in [-0.2, -0.15) is 0 Å². The van der Waals surface area contributed by atoms with Crippen molar-refractivity contribution in [1.29, 1.82) is 0 Å². The molecule has 0 aliphatic heterocycles. The van der Waals surface area contributed by atoms with Crippen molar-refractivity contribution in [2.24, 2.45) is 0 Å². The van der Waals surface area contributed by atoms with Gasteiger partial charge in [0, 0.05) is 0 Å². The molecule has 15 heteroatoms. The molecule has 1 aromatic rings. The summed E-state index contributed by atoms with van der Waals surface area (Å²) in [6.07, 6.45) is 0.507. The lowest BCUT2D eigenvalue weighted by atomic mass is 10.6. The first-order valence-electron chi connectivity index (χ1n) is 4.65. The van der Waals surface area contributed by atoms with Gasteiger partial charge in [-0.3, -0.25) is 4.79 Å². The van der Waals surface area contributed by atoms with Crippen LogP contribution in [0.2, 0.25) is 0 Å². The van der Waals surface area contributed by atoms with Crippen LogP contribution in [0.1, 0.15) is 5.01 Å². The van der Waals surface area contributed by atoms with Gasteiger partial charge < -0.3 is 4.90 Å². The highest BCUT2D eigenvalue weighted by molar-refractivity contribution is 9.42. The number of hydrogen-bond acceptors (Lipinski definition) is 10. The van der Waals surface area contributed by atoms with E-state index in [4.69, 9.17) is 5.26 Å². The molecule has 0 atom stereocenters. The molecule has 0 unspecified atom stereocenters. The fraction of sp³-hybridized carbons (Fsp3) is 0.500. The second-order valence-corrected chi connectivity index (χ2v) is 15.4. The topological polar surface area (TPSA) is 119 Å². The molecule has 1 amide bonds. The van der Waals surface area contributed by atoms with E-state index >= 15 is 0 Å². The van der Waals surface area contributed by atoms with Crippen molar-refractivity contribution in [2.75, 3.05) is 5.88 Å². The number of amides is 1. The van der Waals surface area contributed by atoms with Gasteiger partial charge in [0.1, 0.15) is 5.01 Å². The average Bonchev–Trinajstić information content (AvgIpc) is 2.85. The van der Waals surface area contributed by atoms with Gasteiger partial charge in [-0.25, -0.2) is 13.7 Å². The fourth-order valence-corrected chi connectivity index (χ4v) is 5.67. The molecule has 1 heterocycles. The van der Waals surface area contributed by atoms with Crippen LogP contribution in [-0.4, -0.2) is 42.5 Å². The minimum absolute atomic E-state index is 0.0261. The Bertz CT molecular complexity index is 576. The van der Waals surface area contributed by atoms with E-state index in [1.807, 2.05) is 0 Å². The normalized spacial score (nSPS) is 12.4. The van der Waals surface area contributed by atoms with Crippen molar-refractivity contribution >= 4 is 87.4 Å². The third-order valence-corrected chi connectivity index (χ3v) is 8.96. The molecule has 120 valence electrons. The van der Waals surface area contributed by atoms with Crippen LogP contribution in [0.4, 0.5) is 0 Å². The summed E-state index contributed by atoms with van der Waals surface area (Å²) >= 11 is 10.2. The lowest BCUT2D eigenvalue weighted by Gasteiger charge is -2.12. The predicted molar refractivity (Wildman–Crippen MR) is 85.5 cm³/mol. The fourth-order valence-electron chi connectivity index (χ4n) is 0.908. The van der Waals surface area contributed by atoms with E-state index in [2.05, 4.69) is 67.4 Å². The number of halogens is 3. The number of carbonyl (C=O) groups is 1. The number of aromatic nitrogens is 2. The molecule has 1 aromatic heterocycles. The molecule has 0 aliphatic carbocycles. The first kappa shape index (κ1) is 19.7. The Morgan fingerprint density at radius 2 is 2.10 bits per heavy atom. The Balaban J connectivity index is 2.77. The minimum atomic E-state index is -3.81. The lowest BCUT2D eigenvalue weighted by Crippen LogP contribution is -2.20. The van der Waals surface area contributed by atoms with Crippen LogP contribution in [0, 0.1) is 0 Å². The van der Waals surface area contributed by atoms with E-state index in [9.17, 15) is 13.2 Å². The van der Waals surface area contributed by atoms with Crippen molar-refractivity contribution in [1.82, 2.24) is 15.1 Å². The van der Waals surface area contributed by atoms with Gasteiger partial charge in [-0.1, -0.05) is 16.4 Å². The summed E-state index contributed by atoms with van der Waals surface area (Å²) in [7, 11) is -3.81. The summed E-state index contributed by atoms with van der Waals surface area (Å²) in [5, 5.41) is 18.9. The van der Waals surface area contributed by atoms with Crippen molar-refractivity contribution in [2.45, 2.75) is 12.4 Å². The van der Waals surface area contributed by atoms with Gasteiger partial charge in [0.25, 0.3) is 0 Å². The van der Waals surface area contributed by atoms with Gasteiger partial charge in [0.2, 0.25) is 22.1 Å². The second-order valence-electron chi connectivity index (χ2n) is 3.15. The summed E-state index contributed by atoms with van der Waals surface area (Å²) in [5.41, 5.74) is 0. The average molecular weight is 552 g/mol. The van der Waals surface area contributed by atoms with Gasteiger partial charge >= 0.3 is 0 Å². The first-order chi connectivity index (χ1) is 9.72. The van der Waals surface area contributed by atoms with E-state index in [1.165, 1.54) is 4.90 Å². The zero-order valence-corrected chi connectivity index (χ0v) is 16.9. The molecule has 21 heavy (non-hydrogen) atoms.